The first-order valence-electron chi connectivity index (χ1n) is 7.93. The molecule has 0 N–H and O–H groups in total. The van der Waals surface area contributed by atoms with E-state index in [9.17, 15) is 13.2 Å². The molecule has 1 heterocycles. The van der Waals surface area contributed by atoms with E-state index in [0.717, 1.165) is 31.7 Å². The Morgan fingerprint density at radius 3 is 2.18 bits per heavy atom. The summed E-state index contributed by atoms with van der Waals surface area (Å²) < 4.78 is 51.7. The van der Waals surface area contributed by atoms with Crippen LogP contribution in [0.3, 0.4) is 0 Å². The second-order valence-electron chi connectivity index (χ2n) is 6.52. The first-order valence-corrected chi connectivity index (χ1v) is 7.93. The largest absolute Gasteiger partial charge is 0.352 e. The lowest BCUT2D eigenvalue weighted by Gasteiger charge is -2.37. The Kier molecular flexibility index (Phi) is 4.73. The van der Waals surface area contributed by atoms with Crippen molar-refractivity contribution in [1.82, 2.24) is 0 Å². The van der Waals surface area contributed by atoms with Crippen LogP contribution in [0.1, 0.15) is 44.1 Å². The van der Waals surface area contributed by atoms with Gasteiger partial charge in [0.1, 0.15) is 0 Å². The lowest BCUT2D eigenvalue weighted by molar-refractivity contribution is -0.226. The van der Waals surface area contributed by atoms with E-state index in [1.165, 1.54) is 6.07 Å². The maximum atomic E-state index is 13.9. The van der Waals surface area contributed by atoms with Crippen LogP contribution >= 0.6 is 0 Å². The Morgan fingerprint density at radius 1 is 0.909 bits per heavy atom. The van der Waals surface area contributed by atoms with Crippen LogP contribution in [0.2, 0.25) is 0 Å². The molecule has 1 aliphatic heterocycles. The average Bonchev–Trinajstić information content (AvgIpc) is 2.54. The van der Waals surface area contributed by atoms with Gasteiger partial charge in [0, 0.05) is 11.8 Å². The summed E-state index contributed by atoms with van der Waals surface area (Å²) in [5.41, 5.74) is 0.288. The molecule has 122 valence electrons. The molecule has 22 heavy (non-hydrogen) atoms. The van der Waals surface area contributed by atoms with Gasteiger partial charge in [-0.3, -0.25) is 0 Å². The Hall–Kier alpha value is -1.07. The van der Waals surface area contributed by atoms with Crippen molar-refractivity contribution in [2.24, 2.45) is 11.8 Å². The van der Waals surface area contributed by atoms with E-state index in [1.807, 2.05) is 0 Å². The molecule has 0 radical (unpaired) electrons. The number of hydrogen-bond donors (Lipinski definition) is 0. The highest BCUT2D eigenvalue weighted by Gasteiger charge is 2.33. The minimum Gasteiger partial charge on any atom is -0.352 e. The molecule has 2 fully saturated rings. The molecule has 1 aromatic carbocycles. The van der Waals surface area contributed by atoms with E-state index in [4.69, 9.17) is 9.47 Å². The third-order valence-corrected chi connectivity index (χ3v) is 4.75. The number of halogens is 3. The van der Waals surface area contributed by atoms with E-state index in [-0.39, 0.29) is 17.8 Å². The zero-order chi connectivity index (χ0) is 15.7. The molecule has 1 saturated carbocycles. The van der Waals surface area contributed by atoms with Crippen LogP contribution in [0.4, 0.5) is 13.2 Å². The van der Waals surface area contributed by atoms with Gasteiger partial charge >= 0.3 is 0 Å². The van der Waals surface area contributed by atoms with Gasteiger partial charge in [0.15, 0.2) is 23.7 Å². The van der Waals surface area contributed by atoms with Crippen LogP contribution in [0.25, 0.3) is 0 Å². The quantitative estimate of drug-likeness (QED) is 0.754. The van der Waals surface area contributed by atoms with Crippen LogP contribution < -0.4 is 0 Å². The summed E-state index contributed by atoms with van der Waals surface area (Å²) >= 11 is 0. The van der Waals surface area contributed by atoms with Gasteiger partial charge in [-0.05, 0) is 43.2 Å². The monoisotopic (exact) mass is 314 g/mol. The van der Waals surface area contributed by atoms with Crippen molar-refractivity contribution in [2.75, 3.05) is 13.2 Å². The minimum absolute atomic E-state index is 0.0612. The Labute approximate surface area is 128 Å². The molecule has 5 heteroatoms. The fourth-order valence-electron chi connectivity index (χ4n) is 3.45. The zero-order valence-electron chi connectivity index (χ0n) is 12.7. The number of rotatable bonds is 2. The lowest BCUT2D eigenvalue weighted by atomic mass is 9.78. The number of benzene rings is 1. The van der Waals surface area contributed by atoms with Crippen LogP contribution in [0, 0.1) is 29.3 Å². The molecule has 0 atom stereocenters. The molecule has 0 spiro atoms. The Morgan fingerprint density at radius 2 is 1.55 bits per heavy atom. The standard InChI is InChI=1S/C17H21F3O2/c1-10-8-21-17(22-9-10)12-4-2-11(3-5-12)13-6-7-14(18)16(20)15(13)19/h6-7,10-12,17H,2-5,8-9H2,1H3. The molecular weight excluding hydrogens is 293 g/mol. The summed E-state index contributed by atoms with van der Waals surface area (Å²) in [6.45, 7) is 3.50. The maximum Gasteiger partial charge on any atom is 0.194 e. The highest BCUT2D eigenvalue weighted by atomic mass is 19.2. The predicted octanol–water partition coefficient (Wildman–Crippen LogP) is 4.39. The van der Waals surface area contributed by atoms with Crippen molar-refractivity contribution in [3.8, 4) is 0 Å². The van der Waals surface area contributed by atoms with Crippen molar-refractivity contribution in [3.05, 3.63) is 35.1 Å². The minimum atomic E-state index is -1.37. The Bertz CT molecular complexity index is 519. The van der Waals surface area contributed by atoms with Gasteiger partial charge in [0.25, 0.3) is 0 Å². The van der Waals surface area contributed by atoms with Crippen molar-refractivity contribution >= 4 is 0 Å². The van der Waals surface area contributed by atoms with Crippen molar-refractivity contribution in [2.45, 2.75) is 44.8 Å². The smallest absolute Gasteiger partial charge is 0.194 e. The molecule has 0 unspecified atom stereocenters. The maximum absolute atomic E-state index is 13.9. The van der Waals surface area contributed by atoms with E-state index < -0.39 is 17.5 Å². The van der Waals surface area contributed by atoms with Gasteiger partial charge < -0.3 is 9.47 Å². The molecule has 1 aliphatic carbocycles. The van der Waals surface area contributed by atoms with Gasteiger partial charge in [0.2, 0.25) is 0 Å². The van der Waals surface area contributed by atoms with E-state index in [2.05, 4.69) is 6.92 Å². The van der Waals surface area contributed by atoms with Crippen LogP contribution in [0.5, 0.6) is 0 Å². The molecule has 0 amide bonds. The normalized spacial score (nSPS) is 32.9. The summed E-state index contributed by atoms with van der Waals surface area (Å²) in [5.74, 6) is -2.88. The predicted molar refractivity (Wildman–Crippen MR) is 75.9 cm³/mol. The molecular formula is C17H21F3O2. The third kappa shape index (κ3) is 3.15. The van der Waals surface area contributed by atoms with Crippen molar-refractivity contribution in [3.63, 3.8) is 0 Å². The molecule has 0 bridgehead atoms. The topological polar surface area (TPSA) is 18.5 Å². The van der Waals surface area contributed by atoms with E-state index >= 15 is 0 Å². The van der Waals surface area contributed by atoms with Gasteiger partial charge in [0.05, 0.1) is 13.2 Å². The fourth-order valence-corrected chi connectivity index (χ4v) is 3.45. The van der Waals surface area contributed by atoms with Crippen molar-refractivity contribution < 1.29 is 22.6 Å². The summed E-state index contributed by atoms with van der Waals surface area (Å²) in [6, 6.07) is 2.38. The van der Waals surface area contributed by atoms with Gasteiger partial charge in [-0.2, -0.15) is 0 Å². The van der Waals surface area contributed by atoms with Gasteiger partial charge in [-0.1, -0.05) is 13.0 Å². The average molecular weight is 314 g/mol. The lowest BCUT2D eigenvalue weighted by Crippen LogP contribution is -2.37. The van der Waals surface area contributed by atoms with Crippen LogP contribution in [-0.4, -0.2) is 19.5 Å². The number of hydrogen-bond acceptors (Lipinski definition) is 2. The SMILES string of the molecule is CC1COC(C2CCC(c3ccc(F)c(F)c3F)CC2)OC1. The highest BCUT2D eigenvalue weighted by Crippen LogP contribution is 2.40. The van der Waals surface area contributed by atoms with E-state index in [0.29, 0.717) is 25.0 Å². The van der Waals surface area contributed by atoms with Crippen LogP contribution in [0.15, 0.2) is 12.1 Å². The fraction of sp³-hybridized carbons (Fsp3) is 0.647. The van der Waals surface area contributed by atoms with Gasteiger partial charge in [-0.15, -0.1) is 0 Å². The molecule has 1 saturated heterocycles. The highest BCUT2D eigenvalue weighted by molar-refractivity contribution is 5.24. The number of ether oxygens (including phenoxy) is 2. The summed E-state index contributed by atoms with van der Waals surface area (Å²) in [6.07, 6.45) is 3.01. The first kappa shape index (κ1) is 15.8. The first-order chi connectivity index (χ1) is 10.6. The Balaban J connectivity index is 1.61. The zero-order valence-corrected chi connectivity index (χ0v) is 12.7. The molecule has 2 nitrogen and oxygen atoms in total. The summed E-state index contributed by atoms with van der Waals surface area (Å²) in [5, 5.41) is 0. The second kappa shape index (κ2) is 6.59. The van der Waals surface area contributed by atoms with Gasteiger partial charge in [-0.25, -0.2) is 13.2 Å². The summed E-state index contributed by atoms with van der Waals surface area (Å²) in [7, 11) is 0. The van der Waals surface area contributed by atoms with E-state index in [1.54, 1.807) is 0 Å². The third-order valence-electron chi connectivity index (χ3n) is 4.75. The molecule has 2 aliphatic rings. The molecule has 1 aromatic rings. The molecule has 0 aromatic heterocycles. The molecule has 3 rings (SSSR count). The second-order valence-corrected chi connectivity index (χ2v) is 6.52. The van der Waals surface area contributed by atoms with Crippen molar-refractivity contribution in [1.29, 1.82) is 0 Å². The van der Waals surface area contributed by atoms with Crippen LogP contribution in [-0.2, 0) is 9.47 Å². The summed E-state index contributed by atoms with van der Waals surface area (Å²) in [4.78, 5) is 0.